The van der Waals surface area contributed by atoms with Crippen molar-refractivity contribution in [2.45, 2.75) is 116 Å². The van der Waals surface area contributed by atoms with Crippen LogP contribution in [0.5, 0.6) is 51.7 Å². The summed E-state index contributed by atoms with van der Waals surface area (Å²) < 4.78 is 90.0. The third kappa shape index (κ3) is 16.7. The lowest BCUT2D eigenvalue weighted by Gasteiger charge is -2.22. The zero-order valence-electron chi connectivity index (χ0n) is 47.2. The van der Waals surface area contributed by atoms with E-state index in [1.54, 1.807) is 21.3 Å². The Morgan fingerprint density at radius 2 is 0.630 bits per heavy atom. The molecule has 3 atom stereocenters. The van der Waals surface area contributed by atoms with Crippen LogP contribution < -0.4 is 42.6 Å². The van der Waals surface area contributed by atoms with E-state index in [2.05, 4.69) is 36.4 Å². The minimum Gasteiger partial charge on any atom is -0.493 e. The molecule has 0 spiro atoms. The maximum atomic E-state index is 6.38. The average molecular weight is 1110 g/mol. The van der Waals surface area contributed by atoms with Gasteiger partial charge in [0.25, 0.3) is 0 Å². The topological polar surface area (TPSA) is 138 Å². The van der Waals surface area contributed by atoms with Gasteiger partial charge >= 0.3 is 0 Å². The van der Waals surface area contributed by atoms with E-state index in [1.807, 2.05) is 72.8 Å². The molecule has 3 heterocycles. The Kier molecular flexibility index (Phi) is 21.2. The first-order valence-electron chi connectivity index (χ1n) is 28.8. The summed E-state index contributed by atoms with van der Waals surface area (Å²) in [5.41, 5.74) is 10.1. The van der Waals surface area contributed by atoms with E-state index >= 15 is 0 Å². The number of fused-ring (bicyclic) bond motifs is 3. The van der Waals surface area contributed by atoms with Crippen LogP contribution in [0.15, 0.2) is 109 Å². The highest BCUT2D eigenvalue weighted by molar-refractivity contribution is 5.51. The second-order valence-electron chi connectivity index (χ2n) is 20.7. The van der Waals surface area contributed by atoms with Crippen molar-refractivity contribution in [3.05, 3.63) is 159 Å². The predicted octanol–water partition coefficient (Wildman–Crippen LogP) is 12.3. The van der Waals surface area contributed by atoms with Crippen LogP contribution in [0.2, 0.25) is 0 Å². The summed E-state index contributed by atoms with van der Waals surface area (Å²) in [4.78, 5) is 0. The molecule has 3 unspecified atom stereocenters. The summed E-state index contributed by atoms with van der Waals surface area (Å²) >= 11 is 0. The Labute approximate surface area is 476 Å². The van der Waals surface area contributed by atoms with E-state index in [1.165, 1.54) is 33.4 Å². The summed E-state index contributed by atoms with van der Waals surface area (Å²) in [6.45, 7) is 5.55. The Morgan fingerprint density at radius 1 is 0.321 bits per heavy atom. The molecule has 4 aliphatic rings. The fourth-order valence-electron chi connectivity index (χ4n) is 10.5. The zero-order valence-corrected chi connectivity index (χ0v) is 47.2. The van der Waals surface area contributed by atoms with E-state index in [0.717, 1.165) is 112 Å². The molecule has 0 saturated carbocycles. The van der Waals surface area contributed by atoms with Gasteiger partial charge in [-0.15, -0.1) is 0 Å². The molecule has 3 aliphatic heterocycles. The van der Waals surface area contributed by atoms with Gasteiger partial charge in [0.05, 0.1) is 41.2 Å². The van der Waals surface area contributed by atoms with Crippen molar-refractivity contribution in [1.82, 2.24) is 0 Å². The number of hydrogen-bond acceptors (Lipinski definition) is 15. The summed E-state index contributed by atoms with van der Waals surface area (Å²) in [6.07, 6.45) is 11.0. The van der Waals surface area contributed by atoms with Gasteiger partial charge in [0.1, 0.15) is 56.9 Å². The largest absolute Gasteiger partial charge is 0.493 e. The van der Waals surface area contributed by atoms with Gasteiger partial charge in [0.2, 0.25) is 0 Å². The lowest BCUT2D eigenvalue weighted by molar-refractivity contribution is -0.169. The molecule has 6 aromatic rings. The highest BCUT2D eigenvalue weighted by Gasteiger charge is 2.21. The molecule has 0 N–H and O–H groups in total. The van der Waals surface area contributed by atoms with Crippen LogP contribution in [0, 0.1) is 0 Å². The van der Waals surface area contributed by atoms with Crippen LogP contribution in [-0.2, 0) is 67.5 Å². The van der Waals surface area contributed by atoms with Crippen LogP contribution >= 0.6 is 0 Å². The van der Waals surface area contributed by atoms with Crippen LogP contribution in [0.1, 0.15) is 108 Å². The first kappa shape index (κ1) is 57.5. The lowest BCUT2D eigenvalue weighted by atomic mass is 9.95. The number of benzene rings is 6. The van der Waals surface area contributed by atoms with Gasteiger partial charge < -0.3 is 71.1 Å². The van der Waals surface area contributed by atoms with Crippen molar-refractivity contribution in [2.24, 2.45) is 0 Å². The molecule has 1 aliphatic carbocycles. The third-order valence-electron chi connectivity index (χ3n) is 14.9. The second kappa shape index (κ2) is 29.8. The Morgan fingerprint density at radius 3 is 0.914 bits per heavy atom. The third-order valence-corrected chi connectivity index (χ3v) is 14.9. The molecule has 6 aromatic carbocycles. The van der Waals surface area contributed by atoms with Gasteiger partial charge in [0.15, 0.2) is 53.4 Å². The molecule has 0 aromatic heterocycles. The van der Waals surface area contributed by atoms with Gasteiger partial charge in [-0.2, -0.15) is 0 Å². The smallest absolute Gasteiger partial charge is 0.161 e. The molecule has 3 fully saturated rings. The molecule has 15 heteroatoms. The molecule has 15 nitrogen and oxygen atoms in total. The van der Waals surface area contributed by atoms with E-state index in [0.29, 0.717) is 113 Å². The van der Waals surface area contributed by atoms with Crippen LogP contribution in [0.3, 0.4) is 0 Å². The minimum atomic E-state index is -0.163. The standard InChI is InChI=1S/C66H78O15/c1-67-61-34-46(43-79-64-10-4-7-25-76-64)13-22-58(61)73-31-28-70-55-19-16-49-38-53-41-57(72-30-33-75-60-24-15-48(36-63(60)69-3)45-81-66-12-6-9-27-78-66)21-18-51(53)39-54-42-56(20-17-50(54)37-52(49)40-55)71-29-32-74-59-23-14-47(35-62(59)68-2)44-80-65-11-5-8-26-77-65/h13-24,34-36,40-42,64-66H,4-12,25-33,37-39,43-45H2,1-3H3. The molecule has 3 saturated heterocycles. The van der Waals surface area contributed by atoms with Gasteiger partial charge in [-0.3, -0.25) is 0 Å². The van der Waals surface area contributed by atoms with E-state index in [9.17, 15) is 0 Å². The molecule has 432 valence electrons. The zero-order chi connectivity index (χ0) is 55.4. The summed E-state index contributed by atoms with van der Waals surface area (Å²) in [7, 11) is 4.94. The maximum absolute atomic E-state index is 6.38. The lowest BCUT2D eigenvalue weighted by Crippen LogP contribution is -2.22. The summed E-state index contributed by atoms with van der Waals surface area (Å²) in [5.74, 6) is 6.16. The number of rotatable bonds is 27. The van der Waals surface area contributed by atoms with Gasteiger partial charge in [-0.1, -0.05) is 36.4 Å². The molecule has 81 heavy (non-hydrogen) atoms. The summed E-state index contributed by atoms with van der Waals surface area (Å²) in [6, 6.07) is 36.8. The first-order valence-corrected chi connectivity index (χ1v) is 28.8. The highest BCUT2D eigenvalue weighted by atomic mass is 16.7. The summed E-state index contributed by atoms with van der Waals surface area (Å²) in [5, 5.41) is 0. The number of hydrogen-bond donors (Lipinski definition) is 0. The maximum Gasteiger partial charge on any atom is 0.161 e. The molecular weight excluding hydrogens is 1030 g/mol. The van der Waals surface area contributed by atoms with Crippen molar-refractivity contribution in [3.8, 4) is 51.7 Å². The van der Waals surface area contributed by atoms with Crippen molar-refractivity contribution < 1.29 is 71.1 Å². The van der Waals surface area contributed by atoms with Crippen LogP contribution in [0.25, 0.3) is 0 Å². The Bertz CT molecular complexity index is 2610. The molecule has 0 radical (unpaired) electrons. The fourth-order valence-corrected chi connectivity index (χ4v) is 10.5. The van der Waals surface area contributed by atoms with Crippen molar-refractivity contribution >= 4 is 0 Å². The van der Waals surface area contributed by atoms with Crippen LogP contribution in [0.4, 0.5) is 0 Å². The monoisotopic (exact) mass is 1110 g/mol. The molecule has 0 bridgehead atoms. The Balaban J connectivity index is 0.790. The predicted molar refractivity (Wildman–Crippen MR) is 305 cm³/mol. The molecule has 10 rings (SSSR count). The van der Waals surface area contributed by atoms with Crippen molar-refractivity contribution in [3.63, 3.8) is 0 Å². The quantitative estimate of drug-likeness (QED) is 0.0451. The van der Waals surface area contributed by atoms with Gasteiger partial charge in [-0.25, -0.2) is 0 Å². The number of methoxy groups -OCH3 is 3. The first-order chi connectivity index (χ1) is 39.9. The van der Waals surface area contributed by atoms with Gasteiger partial charge in [-0.05, 0) is 200 Å². The SMILES string of the molecule is COc1cc(COC2CCCCO2)ccc1OCCOc1ccc2c(c1)Cc1ccc(OCCOc3ccc(COC4CCCCO4)cc3OC)cc1Cc1ccc(OCCOc3ccc(COC4CCCCO4)cc3OC)cc1C2. The normalized spacial score (nSPS) is 17.9. The highest BCUT2D eigenvalue weighted by Crippen LogP contribution is 2.35. The van der Waals surface area contributed by atoms with Crippen molar-refractivity contribution in [1.29, 1.82) is 0 Å². The molecular formula is C66H78O15. The van der Waals surface area contributed by atoms with E-state index in [4.69, 9.17) is 71.1 Å². The van der Waals surface area contributed by atoms with Crippen molar-refractivity contribution in [2.75, 3.05) is 80.8 Å². The fraction of sp³-hybridized carbons (Fsp3) is 0.455. The average Bonchev–Trinajstić information content (AvgIpc) is 3.60. The number of ether oxygens (including phenoxy) is 15. The van der Waals surface area contributed by atoms with E-state index in [-0.39, 0.29) is 18.9 Å². The Hall–Kier alpha value is -6.72. The van der Waals surface area contributed by atoms with Crippen LogP contribution in [-0.4, -0.2) is 99.7 Å². The van der Waals surface area contributed by atoms with Gasteiger partial charge in [0, 0.05) is 19.8 Å². The molecule has 0 amide bonds. The van der Waals surface area contributed by atoms with E-state index < -0.39 is 0 Å². The minimum absolute atomic E-state index is 0.163. The second-order valence-corrected chi connectivity index (χ2v) is 20.7.